The van der Waals surface area contributed by atoms with Crippen LogP contribution in [0.5, 0.6) is 0 Å². The maximum atomic E-state index is 13.2. The van der Waals surface area contributed by atoms with Crippen molar-refractivity contribution in [3.05, 3.63) is 34.3 Å². The monoisotopic (exact) mass is 240 g/mol. The van der Waals surface area contributed by atoms with Gasteiger partial charge < -0.3 is 0 Å². The Kier molecular flexibility index (Phi) is 2.00. The fourth-order valence-electron chi connectivity index (χ4n) is 1.22. The van der Waals surface area contributed by atoms with E-state index in [1.165, 1.54) is 6.07 Å². The smallest absolute Gasteiger partial charge is 0.139 e. The quantitative estimate of drug-likeness (QED) is 0.708. The number of halogens is 2. The summed E-state index contributed by atoms with van der Waals surface area (Å²) in [7, 11) is 0. The number of aromatic nitrogens is 2. The van der Waals surface area contributed by atoms with E-state index in [9.17, 15) is 4.39 Å². The molecule has 0 atom stereocenters. The zero-order valence-electron chi connectivity index (χ0n) is 6.88. The lowest BCUT2D eigenvalue weighted by Gasteiger charge is -2.02. The van der Waals surface area contributed by atoms with E-state index in [1.54, 1.807) is 12.4 Å². The summed E-state index contributed by atoms with van der Waals surface area (Å²) in [5.74, 6) is -0.300. The van der Waals surface area contributed by atoms with Crippen molar-refractivity contribution >= 4 is 27.0 Å². The molecule has 0 saturated heterocycles. The predicted octanol–water partition coefficient (Wildman–Crippen LogP) is 2.84. The Hall–Kier alpha value is -1.03. The number of rotatable bonds is 0. The molecule has 0 bridgehead atoms. The van der Waals surface area contributed by atoms with Crippen LogP contribution in [0.2, 0.25) is 0 Å². The van der Waals surface area contributed by atoms with Crippen LogP contribution in [0.4, 0.5) is 4.39 Å². The highest BCUT2D eigenvalue weighted by molar-refractivity contribution is 9.10. The minimum Gasteiger partial charge on any atom is -0.253 e. The average Bonchev–Trinajstić information content (AvgIpc) is 2.15. The number of aryl methyl sites for hydroxylation is 1. The molecule has 0 saturated carbocycles. The van der Waals surface area contributed by atoms with Gasteiger partial charge in [0.2, 0.25) is 0 Å². The fraction of sp³-hybridized carbons (Fsp3) is 0.111. The van der Waals surface area contributed by atoms with Crippen LogP contribution in [-0.4, -0.2) is 9.97 Å². The Morgan fingerprint density at radius 2 is 1.85 bits per heavy atom. The third-order valence-electron chi connectivity index (χ3n) is 1.83. The Bertz CT molecular complexity index is 470. The van der Waals surface area contributed by atoms with Gasteiger partial charge in [0.05, 0.1) is 9.99 Å². The number of hydrogen-bond acceptors (Lipinski definition) is 2. The minimum atomic E-state index is -0.300. The lowest BCUT2D eigenvalue weighted by molar-refractivity contribution is 0.621. The molecule has 0 unspecified atom stereocenters. The summed E-state index contributed by atoms with van der Waals surface area (Å²) in [4.78, 5) is 8.18. The number of fused-ring (bicyclic) bond motifs is 1. The molecule has 0 spiro atoms. The zero-order chi connectivity index (χ0) is 9.42. The van der Waals surface area contributed by atoms with Gasteiger partial charge in [-0.3, -0.25) is 9.97 Å². The van der Waals surface area contributed by atoms with Gasteiger partial charge in [-0.2, -0.15) is 0 Å². The molecule has 0 aliphatic carbocycles. The van der Waals surface area contributed by atoms with Crippen LogP contribution in [0.3, 0.4) is 0 Å². The molecule has 2 rings (SSSR count). The van der Waals surface area contributed by atoms with E-state index in [1.807, 2.05) is 6.92 Å². The van der Waals surface area contributed by atoms with Crippen molar-refractivity contribution in [2.75, 3.05) is 0 Å². The van der Waals surface area contributed by atoms with Gasteiger partial charge in [0.15, 0.2) is 0 Å². The van der Waals surface area contributed by atoms with E-state index in [-0.39, 0.29) is 5.82 Å². The van der Waals surface area contributed by atoms with Crippen LogP contribution in [0, 0.1) is 12.7 Å². The largest absolute Gasteiger partial charge is 0.253 e. The van der Waals surface area contributed by atoms with Crippen molar-refractivity contribution in [1.29, 1.82) is 0 Å². The highest BCUT2D eigenvalue weighted by Gasteiger charge is 2.08. The maximum Gasteiger partial charge on any atom is 0.139 e. The van der Waals surface area contributed by atoms with Crippen molar-refractivity contribution in [2.45, 2.75) is 6.92 Å². The SMILES string of the molecule is Cc1cc(F)c(Br)c2nccnc12. The van der Waals surface area contributed by atoms with Crippen molar-refractivity contribution < 1.29 is 4.39 Å². The lowest BCUT2D eigenvalue weighted by Crippen LogP contribution is -1.90. The van der Waals surface area contributed by atoms with Gasteiger partial charge >= 0.3 is 0 Å². The summed E-state index contributed by atoms with van der Waals surface area (Å²) in [5.41, 5.74) is 2.10. The average molecular weight is 241 g/mol. The summed E-state index contributed by atoms with van der Waals surface area (Å²) in [5, 5.41) is 0. The number of benzene rings is 1. The van der Waals surface area contributed by atoms with E-state index in [0.29, 0.717) is 9.99 Å². The topological polar surface area (TPSA) is 25.8 Å². The van der Waals surface area contributed by atoms with E-state index >= 15 is 0 Å². The molecule has 4 heteroatoms. The molecule has 13 heavy (non-hydrogen) atoms. The third-order valence-corrected chi connectivity index (χ3v) is 2.59. The Labute approximate surface area is 83.0 Å². The molecule has 0 fully saturated rings. The molecular formula is C9H6BrFN2. The summed E-state index contributed by atoms with van der Waals surface area (Å²) >= 11 is 3.14. The summed E-state index contributed by atoms with van der Waals surface area (Å²) in [6.45, 7) is 1.81. The fourth-order valence-corrected chi connectivity index (χ4v) is 1.63. The second-order valence-corrected chi connectivity index (χ2v) is 3.54. The van der Waals surface area contributed by atoms with Gasteiger partial charge in [0, 0.05) is 12.4 Å². The highest BCUT2D eigenvalue weighted by atomic mass is 79.9. The first-order valence-corrected chi connectivity index (χ1v) is 4.55. The second-order valence-electron chi connectivity index (χ2n) is 2.74. The summed E-state index contributed by atoms with van der Waals surface area (Å²) in [6.07, 6.45) is 3.14. The van der Waals surface area contributed by atoms with E-state index in [4.69, 9.17) is 0 Å². The molecule has 0 aliphatic rings. The third kappa shape index (κ3) is 1.31. The van der Waals surface area contributed by atoms with E-state index in [0.717, 1.165) is 11.1 Å². The minimum absolute atomic E-state index is 0.300. The zero-order valence-corrected chi connectivity index (χ0v) is 8.47. The molecule has 0 amide bonds. The first-order valence-electron chi connectivity index (χ1n) is 3.75. The molecule has 0 radical (unpaired) electrons. The molecule has 1 aromatic carbocycles. The molecule has 66 valence electrons. The second kappa shape index (κ2) is 3.03. The Balaban J connectivity index is 2.97. The predicted molar refractivity (Wildman–Crippen MR) is 51.9 cm³/mol. The first-order chi connectivity index (χ1) is 6.20. The maximum absolute atomic E-state index is 13.2. The van der Waals surface area contributed by atoms with Crippen LogP contribution in [0.25, 0.3) is 11.0 Å². The lowest BCUT2D eigenvalue weighted by atomic mass is 10.2. The van der Waals surface area contributed by atoms with Crippen molar-refractivity contribution in [2.24, 2.45) is 0 Å². The number of nitrogens with zero attached hydrogens (tertiary/aromatic N) is 2. The van der Waals surface area contributed by atoms with Gasteiger partial charge in [0.1, 0.15) is 11.3 Å². The summed E-state index contributed by atoms with van der Waals surface area (Å²) < 4.78 is 13.6. The molecular weight excluding hydrogens is 235 g/mol. The van der Waals surface area contributed by atoms with Crippen molar-refractivity contribution in [3.63, 3.8) is 0 Å². The normalized spacial score (nSPS) is 10.7. The van der Waals surface area contributed by atoms with Crippen molar-refractivity contribution in [1.82, 2.24) is 9.97 Å². The Morgan fingerprint density at radius 1 is 1.23 bits per heavy atom. The molecule has 2 nitrogen and oxygen atoms in total. The van der Waals surface area contributed by atoms with E-state index < -0.39 is 0 Å². The highest BCUT2D eigenvalue weighted by Crippen LogP contribution is 2.25. The summed E-state index contributed by atoms with van der Waals surface area (Å²) in [6, 6.07) is 1.45. The standard InChI is InChI=1S/C9H6BrFN2/c1-5-4-6(11)7(10)9-8(5)12-2-3-13-9/h2-4H,1H3. The van der Waals surface area contributed by atoms with Gasteiger partial charge in [-0.05, 0) is 34.5 Å². The van der Waals surface area contributed by atoms with Gasteiger partial charge in [-0.1, -0.05) is 0 Å². The first kappa shape index (κ1) is 8.56. The van der Waals surface area contributed by atoms with Crippen LogP contribution in [0.15, 0.2) is 22.9 Å². The molecule has 0 aliphatic heterocycles. The molecule has 2 aromatic rings. The van der Waals surface area contributed by atoms with Crippen LogP contribution in [-0.2, 0) is 0 Å². The van der Waals surface area contributed by atoms with Crippen molar-refractivity contribution in [3.8, 4) is 0 Å². The van der Waals surface area contributed by atoms with Crippen LogP contribution in [0.1, 0.15) is 5.56 Å². The number of hydrogen-bond donors (Lipinski definition) is 0. The van der Waals surface area contributed by atoms with Crippen LogP contribution < -0.4 is 0 Å². The van der Waals surface area contributed by atoms with Crippen LogP contribution >= 0.6 is 15.9 Å². The van der Waals surface area contributed by atoms with Gasteiger partial charge in [-0.25, -0.2) is 4.39 Å². The molecule has 1 aromatic heterocycles. The Morgan fingerprint density at radius 3 is 2.54 bits per heavy atom. The van der Waals surface area contributed by atoms with E-state index in [2.05, 4.69) is 25.9 Å². The van der Waals surface area contributed by atoms with Gasteiger partial charge in [-0.15, -0.1) is 0 Å². The van der Waals surface area contributed by atoms with Gasteiger partial charge in [0.25, 0.3) is 0 Å². The molecule has 0 N–H and O–H groups in total. The molecule has 1 heterocycles.